The number of nitrogens with zero attached hydrogens (tertiary/aromatic N) is 3. The molecule has 0 bridgehead atoms. The molecule has 2 aliphatic rings. The topological polar surface area (TPSA) is 38.1 Å². The first-order valence-electron chi connectivity index (χ1n) is 10.3. The van der Waals surface area contributed by atoms with Gasteiger partial charge in [0.1, 0.15) is 0 Å². The second-order valence-electron chi connectivity index (χ2n) is 9.31. The quantitative estimate of drug-likeness (QED) is 0.726. The third-order valence-corrected chi connectivity index (χ3v) is 5.84. The minimum Gasteiger partial charge on any atom is -0.330 e. The van der Waals surface area contributed by atoms with Gasteiger partial charge in [0.05, 0.1) is 5.54 Å². The molecule has 27 heavy (non-hydrogen) atoms. The van der Waals surface area contributed by atoms with Crippen LogP contribution in [0.25, 0.3) is 0 Å². The maximum atomic E-state index is 13.5. The molecule has 0 N–H and O–H groups in total. The summed E-state index contributed by atoms with van der Waals surface area (Å²) in [7, 11) is 0. The minimum atomic E-state index is -0.108. The highest BCUT2D eigenvalue weighted by atomic mass is 16.2. The van der Waals surface area contributed by atoms with E-state index in [-0.39, 0.29) is 17.5 Å². The van der Waals surface area contributed by atoms with Gasteiger partial charge in [-0.1, -0.05) is 30.3 Å². The molecule has 0 radical (unpaired) electrons. The van der Waals surface area contributed by atoms with Gasteiger partial charge in [0.15, 0.2) is 5.69 Å². The molecular formula is C23H31N3O. The van der Waals surface area contributed by atoms with Crippen molar-refractivity contribution in [3.05, 3.63) is 53.3 Å². The Morgan fingerprint density at radius 1 is 1.19 bits per heavy atom. The zero-order valence-corrected chi connectivity index (χ0v) is 17.0. The number of aromatic nitrogens is 2. The standard InChI is InChI=1S/C23H31N3O/c1-16(18-10-11-18)25(15-17-8-6-5-7-9-17)22(27)20-14-21(19-12-13-19)26(24-20)23(2,3)4/h5-9,14,16,18-19H,10-13,15H2,1-4H3. The molecule has 1 amide bonds. The van der Waals surface area contributed by atoms with E-state index in [1.54, 1.807) is 0 Å². The van der Waals surface area contributed by atoms with Crippen LogP contribution in [-0.4, -0.2) is 26.6 Å². The molecule has 4 nitrogen and oxygen atoms in total. The van der Waals surface area contributed by atoms with Crippen molar-refractivity contribution in [1.29, 1.82) is 0 Å². The molecule has 2 saturated carbocycles. The second kappa shape index (κ2) is 6.81. The van der Waals surface area contributed by atoms with Crippen LogP contribution in [0.1, 0.15) is 81.0 Å². The number of rotatable bonds is 6. The van der Waals surface area contributed by atoms with E-state index in [2.05, 4.69) is 50.6 Å². The Hall–Kier alpha value is -2.10. The maximum absolute atomic E-state index is 13.5. The van der Waals surface area contributed by atoms with Crippen LogP contribution < -0.4 is 0 Å². The van der Waals surface area contributed by atoms with Crippen LogP contribution in [-0.2, 0) is 12.1 Å². The highest BCUT2D eigenvalue weighted by Gasteiger charge is 2.37. The maximum Gasteiger partial charge on any atom is 0.274 e. The zero-order chi connectivity index (χ0) is 19.2. The van der Waals surface area contributed by atoms with Crippen molar-refractivity contribution >= 4 is 5.91 Å². The van der Waals surface area contributed by atoms with E-state index in [1.807, 2.05) is 23.1 Å². The predicted molar refractivity (Wildman–Crippen MR) is 108 cm³/mol. The molecule has 0 aliphatic heterocycles. The summed E-state index contributed by atoms with van der Waals surface area (Å²) in [4.78, 5) is 15.5. The predicted octanol–water partition coefficient (Wildman–Crippen LogP) is 4.96. The van der Waals surface area contributed by atoms with E-state index in [0.29, 0.717) is 24.1 Å². The third-order valence-electron chi connectivity index (χ3n) is 5.84. The number of hydrogen-bond donors (Lipinski definition) is 0. The molecule has 2 fully saturated rings. The van der Waals surface area contributed by atoms with Crippen LogP contribution in [0.5, 0.6) is 0 Å². The fourth-order valence-corrected chi connectivity index (χ4v) is 3.87. The molecule has 4 rings (SSSR count). The van der Waals surface area contributed by atoms with Gasteiger partial charge in [0.2, 0.25) is 0 Å². The smallest absolute Gasteiger partial charge is 0.274 e. The molecule has 0 spiro atoms. The van der Waals surface area contributed by atoms with Crippen molar-refractivity contribution in [3.8, 4) is 0 Å². The molecule has 1 aromatic heterocycles. The summed E-state index contributed by atoms with van der Waals surface area (Å²) in [5.41, 5.74) is 2.90. The second-order valence-corrected chi connectivity index (χ2v) is 9.31. The summed E-state index contributed by atoms with van der Waals surface area (Å²) in [6.45, 7) is 9.33. The monoisotopic (exact) mass is 365 g/mol. The largest absolute Gasteiger partial charge is 0.330 e. The van der Waals surface area contributed by atoms with E-state index in [1.165, 1.54) is 36.9 Å². The van der Waals surface area contributed by atoms with Crippen LogP contribution in [0.15, 0.2) is 36.4 Å². The first kappa shape index (κ1) is 18.3. The van der Waals surface area contributed by atoms with Gasteiger partial charge in [-0.3, -0.25) is 9.48 Å². The Bertz CT molecular complexity index is 810. The van der Waals surface area contributed by atoms with Gasteiger partial charge < -0.3 is 4.90 Å². The Morgan fingerprint density at radius 2 is 1.85 bits per heavy atom. The molecule has 1 aromatic carbocycles. The van der Waals surface area contributed by atoms with E-state index in [9.17, 15) is 4.79 Å². The summed E-state index contributed by atoms with van der Waals surface area (Å²) >= 11 is 0. The fourth-order valence-electron chi connectivity index (χ4n) is 3.87. The van der Waals surface area contributed by atoms with Gasteiger partial charge in [0.25, 0.3) is 5.91 Å². The van der Waals surface area contributed by atoms with Gasteiger partial charge in [0, 0.05) is 24.2 Å². The van der Waals surface area contributed by atoms with Crippen molar-refractivity contribution in [1.82, 2.24) is 14.7 Å². The summed E-state index contributed by atoms with van der Waals surface area (Å²) < 4.78 is 2.08. The van der Waals surface area contributed by atoms with Crippen LogP contribution in [0.3, 0.4) is 0 Å². The average Bonchev–Trinajstić information content (AvgIpc) is 3.56. The number of carbonyl (C=O) groups excluding carboxylic acids is 1. The van der Waals surface area contributed by atoms with E-state index < -0.39 is 0 Å². The van der Waals surface area contributed by atoms with Gasteiger partial charge in [-0.05, 0) is 70.9 Å². The van der Waals surface area contributed by atoms with E-state index >= 15 is 0 Å². The highest BCUT2D eigenvalue weighted by Crippen LogP contribution is 2.42. The average molecular weight is 366 g/mol. The molecule has 4 heteroatoms. The van der Waals surface area contributed by atoms with E-state index in [4.69, 9.17) is 5.10 Å². The molecule has 1 atom stereocenters. The van der Waals surface area contributed by atoms with Gasteiger partial charge in [-0.25, -0.2) is 0 Å². The van der Waals surface area contributed by atoms with E-state index in [0.717, 1.165) is 0 Å². The molecule has 144 valence electrons. The van der Waals surface area contributed by atoms with Gasteiger partial charge >= 0.3 is 0 Å². The van der Waals surface area contributed by atoms with Crippen LogP contribution in [0.4, 0.5) is 0 Å². The van der Waals surface area contributed by atoms with Gasteiger partial charge in [-0.2, -0.15) is 5.10 Å². The summed E-state index contributed by atoms with van der Waals surface area (Å²) in [6.07, 6.45) is 4.87. The van der Waals surface area contributed by atoms with Gasteiger partial charge in [-0.15, -0.1) is 0 Å². The van der Waals surface area contributed by atoms with Crippen molar-refractivity contribution in [2.75, 3.05) is 0 Å². The lowest BCUT2D eigenvalue weighted by Gasteiger charge is -2.29. The Kier molecular flexibility index (Phi) is 4.61. The number of hydrogen-bond acceptors (Lipinski definition) is 2. The molecule has 2 aliphatic carbocycles. The van der Waals surface area contributed by atoms with Crippen LogP contribution in [0, 0.1) is 5.92 Å². The first-order chi connectivity index (χ1) is 12.8. The summed E-state index contributed by atoms with van der Waals surface area (Å²) in [6, 6.07) is 12.6. The molecule has 1 unspecified atom stereocenters. The van der Waals surface area contributed by atoms with Crippen molar-refractivity contribution in [2.24, 2.45) is 5.92 Å². The van der Waals surface area contributed by atoms with Crippen LogP contribution >= 0.6 is 0 Å². The lowest BCUT2D eigenvalue weighted by atomic mass is 10.1. The molecule has 1 heterocycles. The minimum absolute atomic E-state index is 0.0724. The molecule has 2 aromatic rings. The SMILES string of the molecule is CC(C1CC1)N(Cc1ccccc1)C(=O)c1cc(C2CC2)n(C(C)(C)C)n1. The summed E-state index contributed by atoms with van der Waals surface area (Å²) in [5, 5.41) is 4.79. The Morgan fingerprint density at radius 3 is 2.41 bits per heavy atom. The molecular weight excluding hydrogens is 334 g/mol. The normalized spacial score (nSPS) is 18.4. The summed E-state index contributed by atoms with van der Waals surface area (Å²) in [5.74, 6) is 1.27. The number of benzene rings is 1. The molecule has 0 saturated heterocycles. The third kappa shape index (κ3) is 3.95. The van der Waals surface area contributed by atoms with Crippen LogP contribution in [0.2, 0.25) is 0 Å². The number of carbonyl (C=O) groups is 1. The lowest BCUT2D eigenvalue weighted by molar-refractivity contribution is 0.0646. The Balaban J connectivity index is 1.64. The fraction of sp³-hybridized carbons (Fsp3) is 0.565. The first-order valence-corrected chi connectivity index (χ1v) is 10.3. The zero-order valence-electron chi connectivity index (χ0n) is 17.0. The lowest BCUT2D eigenvalue weighted by Crippen LogP contribution is -2.39. The Labute approximate surface area is 162 Å². The van der Waals surface area contributed by atoms with Crippen molar-refractivity contribution < 1.29 is 4.79 Å². The number of amides is 1. The van der Waals surface area contributed by atoms with Crippen molar-refractivity contribution in [2.45, 2.75) is 77.4 Å². The highest BCUT2D eigenvalue weighted by molar-refractivity contribution is 5.92. The van der Waals surface area contributed by atoms with Crippen molar-refractivity contribution in [3.63, 3.8) is 0 Å².